The molecule has 1 rings (SSSR count). The maximum absolute atomic E-state index is 9.86. The van der Waals surface area contributed by atoms with E-state index in [1.54, 1.807) is 0 Å². The minimum atomic E-state index is -0.347. The fourth-order valence-corrected chi connectivity index (χ4v) is 2.60. The van der Waals surface area contributed by atoms with Crippen LogP contribution in [0.2, 0.25) is 0 Å². The highest BCUT2D eigenvalue weighted by Crippen LogP contribution is 2.20. The Morgan fingerprint density at radius 1 is 1.25 bits per heavy atom. The lowest BCUT2D eigenvalue weighted by atomic mass is 9.92. The van der Waals surface area contributed by atoms with Crippen molar-refractivity contribution in [3.8, 4) is 0 Å². The Labute approximate surface area is 99.8 Å². The van der Waals surface area contributed by atoms with Crippen molar-refractivity contribution < 1.29 is 9.84 Å². The van der Waals surface area contributed by atoms with Gasteiger partial charge in [0.1, 0.15) is 0 Å². The van der Waals surface area contributed by atoms with Crippen molar-refractivity contribution >= 4 is 0 Å². The predicted octanol–water partition coefficient (Wildman–Crippen LogP) is 1.75. The van der Waals surface area contributed by atoms with Gasteiger partial charge in [-0.3, -0.25) is 0 Å². The largest absolute Gasteiger partial charge is 0.389 e. The summed E-state index contributed by atoms with van der Waals surface area (Å²) < 4.78 is 5.42. The zero-order chi connectivity index (χ0) is 12.1. The van der Waals surface area contributed by atoms with Gasteiger partial charge in [0.05, 0.1) is 18.8 Å². The van der Waals surface area contributed by atoms with E-state index in [0.717, 1.165) is 31.5 Å². The number of rotatable bonds is 5. The number of aliphatic hydroxyl groups is 1. The van der Waals surface area contributed by atoms with Crippen LogP contribution in [0.3, 0.4) is 0 Å². The topological polar surface area (TPSA) is 32.7 Å². The second-order valence-electron chi connectivity index (χ2n) is 5.70. The Hall–Kier alpha value is -0.120. The van der Waals surface area contributed by atoms with Crippen molar-refractivity contribution in [2.75, 3.05) is 26.2 Å². The van der Waals surface area contributed by atoms with Crippen molar-refractivity contribution in [2.45, 2.75) is 46.3 Å². The summed E-state index contributed by atoms with van der Waals surface area (Å²) in [5, 5.41) is 9.86. The first-order valence-electron chi connectivity index (χ1n) is 6.49. The van der Waals surface area contributed by atoms with E-state index in [0.29, 0.717) is 6.61 Å². The molecule has 3 unspecified atom stereocenters. The average molecular weight is 229 g/mol. The number of ether oxygens (including phenoxy) is 1. The Morgan fingerprint density at radius 2 is 1.81 bits per heavy atom. The van der Waals surface area contributed by atoms with Gasteiger partial charge in [-0.2, -0.15) is 0 Å². The molecule has 0 spiro atoms. The van der Waals surface area contributed by atoms with E-state index >= 15 is 0 Å². The molecule has 0 bridgehead atoms. The van der Waals surface area contributed by atoms with Crippen LogP contribution in [0.15, 0.2) is 0 Å². The second-order valence-corrected chi connectivity index (χ2v) is 5.70. The molecule has 1 aliphatic rings. The fraction of sp³-hybridized carbons (Fsp3) is 1.00. The van der Waals surface area contributed by atoms with Crippen molar-refractivity contribution in [2.24, 2.45) is 11.8 Å². The Balaban J connectivity index is 2.24. The van der Waals surface area contributed by atoms with Gasteiger partial charge in [-0.1, -0.05) is 13.8 Å². The van der Waals surface area contributed by atoms with Crippen molar-refractivity contribution in [3.63, 3.8) is 0 Å². The molecule has 0 radical (unpaired) electrons. The number of likely N-dealkylation sites (tertiary alicyclic amines) is 1. The summed E-state index contributed by atoms with van der Waals surface area (Å²) in [7, 11) is 0. The van der Waals surface area contributed by atoms with Crippen LogP contribution >= 0.6 is 0 Å². The number of hydrogen-bond acceptors (Lipinski definition) is 3. The molecule has 96 valence electrons. The molecular formula is C13H27NO2. The lowest BCUT2D eigenvalue weighted by molar-refractivity contribution is -0.0164. The maximum atomic E-state index is 9.86. The van der Waals surface area contributed by atoms with Gasteiger partial charge in [0.15, 0.2) is 0 Å². The number of nitrogens with zero attached hydrogens (tertiary/aromatic N) is 1. The van der Waals surface area contributed by atoms with E-state index in [9.17, 15) is 5.11 Å². The van der Waals surface area contributed by atoms with Gasteiger partial charge in [-0.15, -0.1) is 0 Å². The van der Waals surface area contributed by atoms with E-state index in [4.69, 9.17) is 4.74 Å². The number of β-amino-alcohol motifs (C(OH)–C–C–N with tert-alkyl or cyclic N) is 1. The van der Waals surface area contributed by atoms with Gasteiger partial charge in [-0.05, 0) is 32.1 Å². The zero-order valence-electron chi connectivity index (χ0n) is 11.1. The number of aliphatic hydroxyl groups excluding tert-OH is 1. The second kappa shape index (κ2) is 6.58. The lowest BCUT2D eigenvalue weighted by Crippen LogP contribution is -2.43. The summed E-state index contributed by atoms with van der Waals surface area (Å²) in [6.07, 6.45) is 1.17. The molecule has 16 heavy (non-hydrogen) atoms. The van der Waals surface area contributed by atoms with E-state index in [2.05, 4.69) is 18.7 Å². The first-order valence-corrected chi connectivity index (χ1v) is 6.49. The molecule has 3 heteroatoms. The van der Waals surface area contributed by atoms with Gasteiger partial charge in [0.25, 0.3) is 0 Å². The smallest absolute Gasteiger partial charge is 0.0900 e. The molecule has 1 saturated heterocycles. The van der Waals surface area contributed by atoms with Crippen LogP contribution < -0.4 is 0 Å². The van der Waals surface area contributed by atoms with E-state index in [1.807, 2.05) is 13.8 Å². The molecule has 0 aromatic heterocycles. The standard InChI is InChI=1S/C13H27NO2/c1-10(2)16-9-13(15)8-14-6-11(3)5-12(4)7-14/h10-13,15H,5-9H2,1-4H3. The number of piperidine rings is 1. The van der Waals surface area contributed by atoms with Crippen LogP contribution in [0.4, 0.5) is 0 Å². The molecule has 1 aliphatic heterocycles. The molecule has 0 aliphatic carbocycles. The van der Waals surface area contributed by atoms with Crippen LogP contribution in [-0.2, 0) is 4.74 Å². The minimum Gasteiger partial charge on any atom is -0.389 e. The molecule has 1 N–H and O–H groups in total. The van der Waals surface area contributed by atoms with Gasteiger partial charge < -0.3 is 14.7 Å². The van der Waals surface area contributed by atoms with Gasteiger partial charge in [0, 0.05) is 19.6 Å². The molecule has 0 aromatic rings. The van der Waals surface area contributed by atoms with Gasteiger partial charge in [0.2, 0.25) is 0 Å². The summed E-state index contributed by atoms with van der Waals surface area (Å²) in [4.78, 5) is 2.37. The SMILES string of the molecule is CC1CC(C)CN(CC(O)COC(C)C)C1. The first-order chi connectivity index (χ1) is 7.47. The fourth-order valence-electron chi connectivity index (χ4n) is 2.60. The quantitative estimate of drug-likeness (QED) is 0.779. The molecule has 0 amide bonds. The third-order valence-corrected chi connectivity index (χ3v) is 3.04. The molecule has 1 fully saturated rings. The van der Waals surface area contributed by atoms with E-state index < -0.39 is 0 Å². The van der Waals surface area contributed by atoms with Crippen LogP contribution in [0.5, 0.6) is 0 Å². The number of hydrogen-bond donors (Lipinski definition) is 1. The van der Waals surface area contributed by atoms with E-state index in [1.165, 1.54) is 6.42 Å². The summed E-state index contributed by atoms with van der Waals surface area (Å²) in [6.45, 7) is 12.0. The molecule has 3 nitrogen and oxygen atoms in total. The average Bonchev–Trinajstić information content (AvgIpc) is 2.12. The lowest BCUT2D eigenvalue weighted by Gasteiger charge is -2.36. The first kappa shape index (κ1) is 13.9. The Bertz CT molecular complexity index is 186. The van der Waals surface area contributed by atoms with Gasteiger partial charge >= 0.3 is 0 Å². The molecule has 3 atom stereocenters. The molecule has 0 saturated carbocycles. The predicted molar refractivity (Wildman–Crippen MR) is 66.5 cm³/mol. The molecular weight excluding hydrogens is 202 g/mol. The van der Waals surface area contributed by atoms with Crippen LogP contribution in [-0.4, -0.2) is 48.5 Å². The highest BCUT2D eigenvalue weighted by Gasteiger charge is 2.23. The Kier molecular flexibility index (Phi) is 5.73. The molecule has 0 aromatic carbocycles. The molecule has 1 heterocycles. The minimum absolute atomic E-state index is 0.203. The van der Waals surface area contributed by atoms with E-state index in [-0.39, 0.29) is 12.2 Å². The summed E-state index contributed by atoms with van der Waals surface area (Å²) in [5.41, 5.74) is 0. The van der Waals surface area contributed by atoms with Gasteiger partial charge in [-0.25, -0.2) is 0 Å². The summed E-state index contributed by atoms with van der Waals surface area (Å²) in [5.74, 6) is 1.50. The third kappa shape index (κ3) is 5.28. The third-order valence-electron chi connectivity index (χ3n) is 3.04. The van der Waals surface area contributed by atoms with Crippen LogP contribution in [0.1, 0.15) is 34.1 Å². The van der Waals surface area contributed by atoms with Crippen LogP contribution in [0.25, 0.3) is 0 Å². The normalized spacial score (nSPS) is 29.6. The van der Waals surface area contributed by atoms with Crippen molar-refractivity contribution in [3.05, 3.63) is 0 Å². The highest BCUT2D eigenvalue weighted by atomic mass is 16.5. The Morgan fingerprint density at radius 3 is 2.31 bits per heavy atom. The summed E-state index contributed by atoms with van der Waals surface area (Å²) in [6, 6.07) is 0. The highest BCUT2D eigenvalue weighted by molar-refractivity contribution is 4.76. The van der Waals surface area contributed by atoms with Crippen molar-refractivity contribution in [1.82, 2.24) is 4.90 Å². The zero-order valence-corrected chi connectivity index (χ0v) is 11.1. The van der Waals surface area contributed by atoms with Crippen molar-refractivity contribution in [1.29, 1.82) is 0 Å². The summed E-state index contributed by atoms with van der Waals surface area (Å²) >= 11 is 0. The maximum Gasteiger partial charge on any atom is 0.0900 e. The monoisotopic (exact) mass is 229 g/mol. The van der Waals surface area contributed by atoms with Crippen LogP contribution in [0, 0.1) is 11.8 Å².